The molecule has 3 rings (SSSR count). The third-order valence-corrected chi connectivity index (χ3v) is 4.41. The number of hydrogen-bond acceptors (Lipinski definition) is 2. The molecule has 1 unspecified atom stereocenters. The van der Waals surface area contributed by atoms with Gasteiger partial charge in [0.2, 0.25) is 0 Å². The fourth-order valence-corrected chi connectivity index (χ4v) is 3.37. The van der Waals surface area contributed by atoms with Crippen molar-refractivity contribution in [3.05, 3.63) is 41.7 Å². The first-order valence-corrected chi connectivity index (χ1v) is 8.21. The molecule has 0 spiro atoms. The number of nitrogens with one attached hydrogen (secondary N) is 1. The SMILES string of the molecule is CCCC(CC)n1c(-c2ccccc2)nc2c1CCNC2. The number of hydrogen-bond donors (Lipinski definition) is 1. The molecular weight excluding hydrogens is 258 g/mol. The molecule has 1 atom stereocenters. The molecule has 0 aliphatic carbocycles. The van der Waals surface area contributed by atoms with Crippen molar-refractivity contribution < 1.29 is 0 Å². The average molecular weight is 283 g/mol. The zero-order chi connectivity index (χ0) is 14.7. The summed E-state index contributed by atoms with van der Waals surface area (Å²) in [5.74, 6) is 1.16. The molecule has 0 fully saturated rings. The van der Waals surface area contributed by atoms with E-state index in [2.05, 4.69) is 54.1 Å². The van der Waals surface area contributed by atoms with Gasteiger partial charge in [0.05, 0.1) is 5.69 Å². The molecule has 0 saturated heterocycles. The Morgan fingerprint density at radius 1 is 1.24 bits per heavy atom. The van der Waals surface area contributed by atoms with E-state index in [1.165, 1.54) is 36.2 Å². The van der Waals surface area contributed by atoms with Crippen LogP contribution in [0.3, 0.4) is 0 Å². The van der Waals surface area contributed by atoms with Crippen molar-refractivity contribution in [2.45, 2.75) is 52.1 Å². The van der Waals surface area contributed by atoms with Crippen LogP contribution >= 0.6 is 0 Å². The third-order valence-electron chi connectivity index (χ3n) is 4.41. The minimum Gasteiger partial charge on any atom is -0.325 e. The predicted molar refractivity (Wildman–Crippen MR) is 87.3 cm³/mol. The van der Waals surface area contributed by atoms with Crippen LogP contribution in [0.2, 0.25) is 0 Å². The van der Waals surface area contributed by atoms with Gasteiger partial charge in [-0.2, -0.15) is 0 Å². The maximum absolute atomic E-state index is 4.97. The standard InChI is InChI=1S/C18H25N3/c1-3-8-15(4-2)21-17-11-12-19-13-16(17)20-18(21)14-9-6-5-7-10-14/h5-7,9-10,15,19H,3-4,8,11-13H2,1-2H3. The Balaban J connectivity index is 2.12. The van der Waals surface area contributed by atoms with E-state index in [1.807, 2.05) is 0 Å². The first-order valence-electron chi connectivity index (χ1n) is 8.21. The normalized spacial score (nSPS) is 15.7. The van der Waals surface area contributed by atoms with Gasteiger partial charge < -0.3 is 9.88 Å². The van der Waals surface area contributed by atoms with Crippen molar-refractivity contribution in [3.63, 3.8) is 0 Å². The van der Waals surface area contributed by atoms with Crippen molar-refractivity contribution in [3.8, 4) is 11.4 Å². The van der Waals surface area contributed by atoms with Crippen molar-refractivity contribution in [2.24, 2.45) is 0 Å². The Kier molecular flexibility index (Phi) is 4.39. The molecule has 2 aromatic rings. The number of fused-ring (bicyclic) bond motifs is 1. The lowest BCUT2D eigenvalue weighted by Crippen LogP contribution is -2.26. The molecule has 1 aliphatic rings. The van der Waals surface area contributed by atoms with Gasteiger partial charge >= 0.3 is 0 Å². The van der Waals surface area contributed by atoms with E-state index in [0.29, 0.717) is 6.04 Å². The largest absolute Gasteiger partial charge is 0.325 e. The maximum Gasteiger partial charge on any atom is 0.140 e. The van der Waals surface area contributed by atoms with Crippen molar-refractivity contribution in [2.75, 3.05) is 6.54 Å². The highest BCUT2D eigenvalue weighted by Gasteiger charge is 2.24. The highest BCUT2D eigenvalue weighted by atomic mass is 15.1. The smallest absolute Gasteiger partial charge is 0.140 e. The van der Waals surface area contributed by atoms with Crippen LogP contribution in [0, 0.1) is 0 Å². The Labute approximate surface area is 127 Å². The van der Waals surface area contributed by atoms with E-state index in [0.717, 1.165) is 25.3 Å². The number of imidazole rings is 1. The lowest BCUT2D eigenvalue weighted by molar-refractivity contribution is 0.433. The number of benzene rings is 1. The molecule has 21 heavy (non-hydrogen) atoms. The molecule has 0 amide bonds. The van der Waals surface area contributed by atoms with Gasteiger partial charge in [-0.25, -0.2) is 4.98 Å². The summed E-state index contributed by atoms with van der Waals surface area (Å²) in [5, 5.41) is 3.45. The van der Waals surface area contributed by atoms with Crippen LogP contribution in [-0.4, -0.2) is 16.1 Å². The van der Waals surface area contributed by atoms with Crippen LogP contribution in [0.4, 0.5) is 0 Å². The fraction of sp³-hybridized carbons (Fsp3) is 0.500. The van der Waals surface area contributed by atoms with E-state index in [1.54, 1.807) is 0 Å². The second-order valence-electron chi connectivity index (χ2n) is 5.84. The topological polar surface area (TPSA) is 29.9 Å². The summed E-state index contributed by atoms with van der Waals surface area (Å²) < 4.78 is 2.54. The van der Waals surface area contributed by atoms with E-state index in [9.17, 15) is 0 Å². The summed E-state index contributed by atoms with van der Waals surface area (Å²) >= 11 is 0. The van der Waals surface area contributed by atoms with Crippen LogP contribution in [0.25, 0.3) is 11.4 Å². The minimum atomic E-state index is 0.569. The summed E-state index contributed by atoms with van der Waals surface area (Å²) in [6.07, 6.45) is 4.71. The van der Waals surface area contributed by atoms with E-state index in [4.69, 9.17) is 4.98 Å². The van der Waals surface area contributed by atoms with Crippen molar-refractivity contribution in [1.82, 2.24) is 14.9 Å². The molecule has 0 bridgehead atoms. The van der Waals surface area contributed by atoms with Gasteiger partial charge in [0.25, 0.3) is 0 Å². The van der Waals surface area contributed by atoms with Gasteiger partial charge in [0.15, 0.2) is 0 Å². The minimum absolute atomic E-state index is 0.569. The van der Waals surface area contributed by atoms with Gasteiger partial charge in [-0.15, -0.1) is 0 Å². The molecule has 112 valence electrons. The molecule has 3 heteroatoms. The van der Waals surface area contributed by atoms with Crippen LogP contribution < -0.4 is 5.32 Å². The molecule has 2 heterocycles. The zero-order valence-electron chi connectivity index (χ0n) is 13.1. The number of rotatable bonds is 5. The predicted octanol–water partition coefficient (Wildman–Crippen LogP) is 3.95. The first kappa shape index (κ1) is 14.3. The van der Waals surface area contributed by atoms with E-state index in [-0.39, 0.29) is 0 Å². The zero-order valence-corrected chi connectivity index (χ0v) is 13.1. The maximum atomic E-state index is 4.97. The Bertz CT molecular complexity index is 586. The van der Waals surface area contributed by atoms with Gasteiger partial charge in [-0.05, 0) is 12.8 Å². The monoisotopic (exact) mass is 283 g/mol. The van der Waals surface area contributed by atoms with Crippen LogP contribution in [0.15, 0.2) is 30.3 Å². The summed E-state index contributed by atoms with van der Waals surface area (Å²) in [5.41, 5.74) is 3.93. The lowest BCUT2D eigenvalue weighted by Gasteiger charge is -2.23. The van der Waals surface area contributed by atoms with Crippen LogP contribution in [0.1, 0.15) is 50.5 Å². The van der Waals surface area contributed by atoms with Crippen LogP contribution in [-0.2, 0) is 13.0 Å². The fourth-order valence-electron chi connectivity index (χ4n) is 3.37. The summed E-state index contributed by atoms with van der Waals surface area (Å²) in [7, 11) is 0. The number of aromatic nitrogens is 2. The highest BCUT2D eigenvalue weighted by molar-refractivity contribution is 5.57. The van der Waals surface area contributed by atoms with Crippen molar-refractivity contribution >= 4 is 0 Å². The van der Waals surface area contributed by atoms with Crippen LogP contribution in [0.5, 0.6) is 0 Å². The Morgan fingerprint density at radius 2 is 2.05 bits per heavy atom. The van der Waals surface area contributed by atoms with E-state index >= 15 is 0 Å². The lowest BCUT2D eigenvalue weighted by atomic mass is 10.1. The van der Waals surface area contributed by atoms with Gasteiger partial charge in [0.1, 0.15) is 5.82 Å². The summed E-state index contributed by atoms with van der Waals surface area (Å²) in [6, 6.07) is 11.2. The average Bonchev–Trinajstić information content (AvgIpc) is 2.93. The molecular formula is C18H25N3. The molecule has 1 N–H and O–H groups in total. The molecule has 1 aromatic heterocycles. The summed E-state index contributed by atoms with van der Waals surface area (Å²) in [6.45, 7) is 6.54. The molecule has 3 nitrogen and oxygen atoms in total. The second kappa shape index (κ2) is 6.44. The first-order chi connectivity index (χ1) is 10.3. The molecule has 0 radical (unpaired) electrons. The third kappa shape index (κ3) is 2.75. The van der Waals surface area contributed by atoms with Crippen molar-refractivity contribution in [1.29, 1.82) is 0 Å². The molecule has 1 aliphatic heterocycles. The quantitative estimate of drug-likeness (QED) is 0.900. The molecule has 1 aromatic carbocycles. The van der Waals surface area contributed by atoms with Gasteiger partial charge in [-0.3, -0.25) is 0 Å². The second-order valence-corrected chi connectivity index (χ2v) is 5.84. The molecule has 0 saturated carbocycles. The van der Waals surface area contributed by atoms with Gasteiger partial charge in [-0.1, -0.05) is 50.6 Å². The number of nitrogens with zero attached hydrogens (tertiary/aromatic N) is 2. The highest BCUT2D eigenvalue weighted by Crippen LogP contribution is 2.31. The summed E-state index contributed by atoms with van der Waals surface area (Å²) in [4.78, 5) is 4.97. The van der Waals surface area contributed by atoms with Gasteiger partial charge in [0, 0.05) is 36.8 Å². The Morgan fingerprint density at radius 3 is 2.76 bits per heavy atom. The van der Waals surface area contributed by atoms with E-state index < -0.39 is 0 Å². The Hall–Kier alpha value is -1.61.